The lowest BCUT2D eigenvalue weighted by Gasteiger charge is -2.26. The van der Waals surface area contributed by atoms with Crippen molar-refractivity contribution < 1.29 is 13.2 Å². The molecule has 0 aliphatic carbocycles. The molecule has 0 radical (unpaired) electrons. The number of sulfone groups is 1. The first-order valence-corrected chi connectivity index (χ1v) is 8.74. The maximum Gasteiger partial charge on any atom is 0.223 e. The molecule has 108 valence electrons. The van der Waals surface area contributed by atoms with E-state index in [-0.39, 0.29) is 23.0 Å². The summed E-state index contributed by atoms with van der Waals surface area (Å²) >= 11 is 0. The van der Waals surface area contributed by atoms with Crippen LogP contribution >= 0.6 is 0 Å². The molecule has 4 nitrogen and oxygen atoms in total. The van der Waals surface area contributed by atoms with Crippen LogP contribution in [0.2, 0.25) is 0 Å². The topological polar surface area (TPSA) is 54.5 Å². The van der Waals surface area contributed by atoms with Gasteiger partial charge in [0.05, 0.1) is 11.0 Å². The Balaban J connectivity index is 1.59. The third kappa shape index (κ3) is 2.46. The summed E-state index contributed by atoms with van der Waals surface area (Å²) < 4.78 is 23.3. The summed E-state index contributed by atoms with van der Waals surface area (Å²) in [5.41, 5.74) is 2.36. The zero-order valence-corrected chi connectivity index (χ0v) is 12.4. The molecule has 2 unspecified atom stereocenters. The van der Waals surface area contributed by atoms with Gasteiger partial charge in [0, 0.05) is 19.0 Å². The minimum Gasteiger partial charge on any atom is -0.337 e. The Morgan fingerprint density at radius 3 is 2.80 bits per heavy atom. The number of likely N-dealkylation sites (tertiary alicyclic amines) is 1. The van der Waals surface area contributed by atoms with Crippen molar-refractivity contribution in [1.82, 2.24) is 4.90 Å². The molecule has 1 aromatic carbocycles. The highest BCUT2D eigenvalue weighted by Gasteiger charge is 2.49. The summed E-state index contributed by atoms with van der Waals surface area (Å²) in [7, 11) is -2.92. The highest BCUT2D eigenvalue weighted by Crippen LogP contribution is 2.33. The number of nitrogens with zero attached hydrogens (tertiary/aromatic N) is 1. The van der Waals surface area contributed by atoms with Gasteiger partial charge in [-0.25, -0.2) is 8.42 Å². The third-order valence-electron chi connectivity index (χ3n) is 4.34. The van der Waals surface area contributed by atoms with Crippen molar-refractivity contribution in [2.24, 2.45) is 0 Å². The summed E-state index contributed by atoms with van der Waals surface area (Å²) in [4.78, 5) is 14.0. The minimum absolute atomic E-state index is 0.0741. The second kappa shape index (κ2) is 4.88. The smallest absolute Gasteiger partial charge is 0.223 e. The molecule has 2 saturated heterocycles. The standard InChI is InChI=1S/C15H19NO3S/c1-11-3-2-4-12(7-11)5-6-15(17)16-9-14-8-13(16)10-20(14,18)19/h2-4,7,13-14H,5-6,8-10H2,1H3. The first-order chi connectivity index (χ1) is 9.45. The van der Waals surface area contributed by atoms with E-state index in [0.717, 1.165) is 12.0 Å². The molecule has 3 rings (SSSR count). The van der Waals surface area contributed by atoms with Crippen LogP contribution < -0.4 is 0 Å². The van der Waals surface area contributed by atoms with E-state index in [2.05, 4.69) is 6.07 Å². The average molecular weight is 293 g/mol. The Labute approximate surface area is 119 Å². The zero-order valence-electron chi connectivity index (χ0n) is 11.6. The number of aryl methyl sites for hydroxylation is 2. The normalized spacial score (nSPS) is 26.9. The monoisotopic (exact) mass is 293 g/mol. The van der Waals surface area contributed by atoms with Gasteiger partial charge in [0.15, 0.2) is 9.84 Å². The molecule has 1 amide bonds. The fourth-order valence-corrected chi connectivity index (χ4v) is 5.29. The van der Waals surface area contributed by atoms with Crippen LogP contribution in [0.25, 0.3) is 0 Å². The Hall–Kier alpha value is -1.36. The molecule has 2 aliphatic heterocycles. The van der Waals surface area contributed by atoms with Crippen LogP contribution in [0.3, 0.4) is 0 Å². The van der Waals surface area contributed by atoms with Crippen molar-refractivity contribution in [3.05, 3.63) is 35.4 Å². The Bertz CT molecular complexity index is 638. The van der Waals surface area contributed by atoms with Crippen molar-refractivity contribution in [3.63, 3.8) is 0 Å². The molecule has 2 atom stereocenters. The molecular formula is C15H19NO3S. The van der Waals surface area contributed by atoms with Crippen LogP contribution in [0.4, 0.5) is 0 Å². The summed E-state index contributed by atoms with van der Waals surface area (Å²) in [6.45, 7) is 2.44. The van der Waals surface area contributed by atoms with Crippen molar-refractivity contribution >= 4 is 15.7 Å². The van der Waals surface area contributed by atoms with Crippen molar-refractivity contribution in [2.75, 3.05) is 12.3 Å². The molecule has 2 fully saturated rings. The van der Waals surface area contributed by atoms with Crippen LogP contribution in [0, 0.1) is 6.92 Å². The van der Waals surface area contributed by atoms with E-state index >= 15 is 0 Å². The predicted octanol–water partition coefficient (Wildman–Crippen LogP) is 1.33. The van der Waals surface area contributed by atoms with Crippen LogP contribution in [-0.2, 0) is 21.1 Å². The summed E-state index contributed by atoms with van der Waals surface area (Å²) in [6, 6.07) is 8.08. The van der Waals surface area contributed by atoms with E-state index in [1.807, 2.05) is 25.1 Å². The van der Waals surface area contributed by atoms with E-state index in [1.54, 1.807) is 4.90 Å². The van der Waals surface area contributed by atoms with Crippen molar-refractivity contribution in [3.8, 4) is 0 Å². The van der Waals surface area contributed by atoms with Gasteiger partial charge in [0.25, 0.3) is 0 Å². The van der Waals surface area contributed by atoms with Gasteiger partial charge in [0.1, 0.15) is 0 Å². The molecule has 0 saturated carbocycles. The molecule has 5 heteroatoms. The van der Waals surface area contributed by atoms with Crippen LogP contribution in [0.1, 0.15) is 24.0 Å². The largest absolute Gasteiger partial charge is 0.337 e. The van der Waals surface area contributed by atoms with Gasteiger partial charge in [-0.15, -0.1) is 0 Å². The van der Waals surface area contributed by atoms with Crippen LogP contribution in [-0.4, -0.2) is 42.8 Å². The molecule has 2 aliphatic rings. The molecule has 2 heterocycles. The van der Waals surface area contributed by atoms with E-state index in [1.165, 1.54) is 5.56 Å². The lowest BCUT2D eigenvalue weighted by atomic mass is 10.1. The highest BCUT2D eigenvalue weighted by molar-refractivity contribution is 7.92. The van der Waals surface area contributed by atoms with Gasteiger partial charge in [-0.3, -0.25) is 4.79 Å². The van der Waals surface area contributed by atoms with Crippen molar-refractivity contribution in [2.45, 2.75) is 37.5 Å². The fraction of sp³-hybridized carbons (Fsp3) is 0.533. The summed E-state index contributed by atoms with van der Waals surface area (Å²) in [5, 5.41) is -0.310. The van der Waals surface area contributed by atoms with Gasteiger partial charge < -0.3 is 4.90 Å². The molecule has 20 heavy (non-hydrogen) atoms. The quantitative estimate of drug-likeness (QED) is 0.845. The number of carbonyl (C=O) groups is 1. The molecule has 0 N–H and O–H groups in total. The number of hydrogen-bond donors (Lipinski definition) is 0. The Kier molecular flexibility index (Phi) is 3.32. The second-order valence-corrected chi connectivity index (χ2v) is 8.20. The van der Waals surface area contributed by atoms with Gasteiger partial charge in [0.2, 0.25) is 5.91 Å². The molecule has 1 aromatic rings. The first kappa shape index (κ1) is 13.6. The SMILES string of the molecule is Cc1cccc(CCC(=O)N2CC3CC2CS3(=O)=O)c1. The van der Waals surface area contributed by atoms with E-state index in [9.17, 15) is 13.2 Å². The van der Waals surface area contributed by atoms with Crippen LogP contribution in [0.5, 0.6) is 0 Å². The van der Waals surface area contributed by atoms with E-state index < -0.39 is 9.84 Å². The van der Waals surface area contributed by atoms with Gasteiger partial charge in [-0.1, -0.05) is 29.8 Å². The van der Waals surface area contributed by atoms with Crippen molar-refractivity contribution in [1.29, 1.82) is 0 Å². The summed E-state index contributed by atoms with van der Waals surface area (Å²) in [6.07, 6.45) is 1.83. The number of amides is 1. The van der Waals surface area contributed by atoms with E-state index in [0.29, 0.717) is 19.4 Å². The van der Waals surface area contributed by atoms with E-state index in [4.69, 9.17) is 0 Å². The maximum absolute atomic E-state index is 12.2. The number of fused-ring (bicyclic) bond motifs is 2. The van der Waals surface area contributed by atoms with Gasteiger partial charge >= 0.3 is 0 Å². The first-order valence-electron chi connectivity index (χ1n) is 7.02. The summed E-state index contributed by atoms with van der Waals surface area (Å²) in [5.74, 6) is 0.252. The number of benzene rings is 1. The second-order valence-electron chi connectivity index (χ2n) is 5.88. The Morgan fingerprint density at radius 2 is 2.20 bits per heavy atom. The Morgan fingerprint density at radius 1 is 1.40 bits per heavy atom. The third-order valence-corrected chi connectivity index (χ3v) is 6.55. The fourth-order valence-electron chi connectivity index (χ4n) is 3.26. The minimum atomic E-state index is -2.92. The molecule has 2 bridgehead atoms. The van der Waals surface area contributed by atoms with Crippen LogP contribution in [0.15, 0.2) is 24.3 Å². The number of carbonyl (C=O) groups excluding carboxylic acids is 1. The molecular weight excluding hydrogens is 274 g/mol. The van der Waals surface area contributed by atoms with Gasteiger partial charge in [-0.05, 0) is 25.3 Å². The zero-order chi connectivity index (χ0) is 14.3. The lowest BCUT2D eigenvalue weighted by Crippen LogP contribution is -2.44. The van der Waals surface area contributed by atoms with Gasteiger partial charge in [-0.2, -0.15) is 0 Å². The number of hydrogen-bond acceptors (Lipinski definition) is 3. The average Bonchev–Trinajstić information content (AvgIpc) is 2.91. The predicted molar refractivity (Wildman–Crippen MR) is 77.2 cm³/mol. The maximum atomic E-state index is 12.2. The molecule has 0 aromatic heterocycles. The lowest BCUT2D eigenvalue weighted by molar-refractivity contribution is -0.131. The number of rotatable bonds is 3. The molecule has 0 spiro atoms. The highest BCUT2D eigenvalue weighted by atomic mass is 32.2.